The fraction of sp³-hybridized carbons (Fsp3) is 0.364. The molecule has 1 aliphatic heterocycles. The van der Waals surface area contributed by atoms with Gasteiger partial charge in [-0.3, -0.25) is 9.69 Å². The van der Waals surface area contributed by atoms with Gasteiger partial charge in [0.15, 0.2) is 0 Å². The molecule has 1 fully saturated rings. The molecule has 6 heteroatoms. The number of hydrogen-bond donors (Lipinski definition) is 0. The molecule has 0 aliphatic carbocycles. The van der Waals surface area contributed by atoms with Crippen molar-refractivity contribution in [1.82, 2.24) is 19.4 Å². The number of carbonyl (C=O) groups excluding carboxylic acids is 1. The van der Waals surface area contributed by atoms with Crippen LogP contribution in [0.4, 0.5) is 0 Å². The number of pyridine rings is 1. The van der Waals surface area contributed by atoms with Crippen molar-refractivity contribution in [3.8, 4) is 0 Å². The second-order valence-corrected chi connectivity index (χ2v) is 7.59. The second-order valence-electron chi connectivity index (χ2n) is 7.18. The molecule has 3 heterocycles. The van der Waals surface area contributed by atoms with E-state index in [1.165, 1.54) is 10.9 Å². The zero-order valence-electron chi connectivity index (χ0n) is 16.1. The predicted molar refractivity (Wildman–Crippen MR) is 113 cm³/mol. The number of fused-ring (bicyclic) bond motifs is 1. The van der Waals surface area contributed by atoms with Crippen molar-refractivity contribution in [3.05, 3.63) is 64.9 Å². The van der Waals surface area contributed by atoms with Gasteiger partial charge in [-0.1, -0.05) is 23.7 Å². The number of hydrogen-bond acceptors (Lipinski definition) is 3. The smallest absolute Gasteiger partial charge is 0.255 e. The number of nitrogens with zero attached hydrogens (tertiary/aromatic N) is 4. The van der Waals surface area contributed by atoms with Crippen LogP contribution in [0.3, 0.4) is 0 Å². The molecule has 0 unspecified atom stereocenters. The zero-order chi connectivity index (χ0) is 19.5. The predicted octanol–water partition coefficient (Wildman–Crippen LogP) is 3.71. The van der Waals surface area contributed by atoms with Crippen LogP contribution in [0.2, 0.25) is 5.02 Å². The lowest BCUT2D eigenvalue weighted by molar-refractivity contribution is 0.0639. The summed E-state index contributed by atoms with van der Waals surface area (Å²) >= 11 is 6.18. The number of aromatic nitrogens is 2. The second kappa shape index (κ2) is 8.33. The lowest BCUT2D eigenvalue weighted by Gasteiger charge is -2.34. The molecule has 3 aromatic rings. The number of aryl methyl sites for hydroxylation is 1. The first-order valence-electron chi connectivity index (χ1n) is 9.86. The van der Waals surface area contributed by atoms with Crippen molar-refractivity contribution in [3.63, 3.8) is 0 Å². The summed E-state index contributed by atoms with van der Waals surface area (Å²) < 4.78 is 2.21. The Kier molecular flexibility index (Phi) is 5.64. The fourth-order valence-electron chi connectivity index (χ4n) is 3.89. The Morgan fingerprint density at radius 1 is 1.11 bits per heavy atom. The fourth-order valence-corrected chi connectivity index (χ4v) is 4.11. The van der Waals surface area contributed by atoms with Crippen LogP contribution in [0.1, 0.15) is 22.8 Å². The average molecular weight is 397 g/mol. The van der Waals surface area contributed by atoms with Gasteiger partial charge < -0.3 is 9.47 Å². The van der Waals surface area contributed by atoms with Crippen molar-refractivity contribution in [2.24, 2.45) is 0 Å². The van der Waals surface area contributed by atoms with E-state index in [1.54, 1.807) is 12.1 Å². The highest BCUT2D eigenvalue weighted by molar-refractivity contribution is 6.33. The molecule has 0 N–H and O–H groups in total. The summed E-state index contributed by atoms with van der Waals surface area (Å²) in [6.07, 6.45) is 5.08. The number of piperazine rings is 1. The summed E-state index contributed by atoms with van der Waals surface area (Å²) in [6, 6.07) is 11.4. The Morgan fingerprint density at radius 2 is 1.89 bits per heavy atom. The van der Waals surface area contributed by atoms with Crippen LogP contribution in [0, 0.1) is 0 Å². The van der Waals surface area contributed by atoms with Crippen molar-refractivity contribution in [2.75, 3.05) is 32.7 Å². The molecule has 1 aliphatic rings. The summed E-state index contributed by atoms with van der Waals surface area (Å²) in [5.41, 5.74) is 3.01. The SMILES string of the molecule is CCn1cc(CCN2CCN(C(=O)c3ccccc3Cl)CC2)c2cccnc21. The number of halogens is 1. The first kappa shape index (κ1) is 19.0. The third kappa shape index (κ3) is 3.77. The Morgan fingerprint density at radius 3 is 2.64 bits per heavy atom. The summed E-state index contributed by atoms with van der Waals surface area (Å²) in [6.45, 7) is 7.32. The van der Waals surface area contributed by atoms with Crippen LogP contribution in [0.5, 0.6) is 0 Å². The van der Waals surface area contributed by atoms with E-state index in [0.717, 1.165) is 51.3 Å². The van der Waals surface area contributed by atoms with E-state index >= 15 is 0 Å². The van der Waals surface area contributed by atoms with Crippen LogP contribution < -0.4 is 0 Å². The topological polar surface area (TPSA) is 41.4 Å². The van der Waals surface area contributed by atoms with Gasteiger partial charge in [-0.2, -0.15) is 0 Å². The Labute approximate surface area is 170 Å². The number of carbonyl (C=O) groups is 1. The largest absolute Gasteiger partial charge is 0.336 e. The molecular weight excluding hydrogens is 372 g/mol. The number of rotatable bonds is 5. The van der Waals surface area contributed by atoms with Crippen LogP contribution in [-0.2, 0) is 13.0 Å². The first-order valence-corrected chi connectivity index (χ1v) is 10.2. The van der Waals surface area contributed by atoms with Crippen molar-refractivity contribution >= 4 is 28.5 Å². The van der Waals surface area contributed by atoms with Gasteiger partial charge in [0, 0.05) is 57.0 Å². The minimum atomic E-state index is 0.0299. The normalized spacial score (nSPS) is 15.3. The maximum Gasteiger partial charge on any atom is 0.255 e. The molecule has 1 amide bonds. The van der Waals surface area contributed by atoms with E-state index in [4.69, 9.17) is 11.6 Å². The van der Waals surface area contributed by atoms with Crippen molar-refractivity contribution < 1.29 is 4.79 Å². The Hall–Kier alpha value is -2.37. The molecule has 0 atom stereocenters. The first-order chi connectivity index (χ1) is 13.7. The van der Waals surface area contributed by atoms with Crippen LogP contribution in [-0.4, -0.2) is 58.0 Å². The van der Waals surface area contributed by atoms with Gasteiger partial charge in [0.05, 0.1) is 10.6 Å². The summed E-state index contributed by atoms with van der Waals surface area (Å²) in [5.74, 6) is 0.0299. The molecule has 2 aromatic heterocycles. The van der Waals surface area contributed by atoms with Gasteiger partial charge in [0.25, 0.3) is 5.91 Å². The molecule has 0 radical (unpaired) electrons. The molecule has 1 aromatic carbocycles. The number of amides is 1. The highest BCUT2D eigenvalue weighted by Gasteiger charge is 2.23. The third-order valence-corrected chi connectivity index (χ3v) is 5.85. The van der Waals surface area contributed by atoms with Gasteiger partial charge in [-0.05, 0) is 43.2 Å². The summed E-state index contributed by atoms with van der Waals surface area (Å²) in [7, 11) is 0. The Bertz CT molecular complexity index is 976. The lowest BCUT2D eigenvalue weighted by Crippen LogP contribution is -2.49. The average Bonchev–Trinajstić information content (AvgIpc) is 3.10. The van der Waals surface area contributed by atoms with E-state index in [9.17, 15) is 4.79 Å². The van der Waals surface area contributed by atoms with E-state index < -0.39 is 0 Å². The standard InChI is InChI=1S/C22H25ClN4O/c1-2-26-16-17(18-7-5-10-24-21(18)26)9-11-25-12-14-27(15-13-25)22(28)19-6-3-4-8-20(19)23/h3-8,10,16H,2,9,11-15H2,1H3. The van der Waals surface area contributed by atoms with Gasteiger partial charge >= 0.3 is 0 Å². The van der Waals surface area contributed by atoms with Gasteiger partial charge in [-0.25, -0.2) is 4.98 Å². The minimum absolute atomic E-state index is 0.0299. The third-order valence-electron chi connectivity index (χ3n) is 5.52. The summed E-state index contributed by atoms with van der Waals surface area (Å²) in [4.78, 5) is 21.6. The van der Waals surface area contributed by atoms with Crippen LogP contribution >= 0.6 is 11.6 Å². The molecule has 1 saturated heterocycles. The number of benzene rings is 1. The van der Waals surface area contributed by atoms with E-state index in [-0.39, 0.29) is 5.91 Å². The van der Waals surface area contributed by atoms with Crippen LogP contribution in [0.15, 0.2) is 48.8 Å². The van der Waals surface area contributed by atoms with Crippen molar-refractivity contribution in [1.29, 1.82) is 0 Å². The lowest BCUT2D eigenvalue weighted by atomic mass is 10.1. The highest BCUT2D eigenvalue weighted by Crippen LogP contribution is 2.21. The van der Waals surface area contributed by atoms with E-state index in [2.05, 4.69) is 33.6 Å². The molecule has 5 nitrogen and oxygen atoms in total. The minimum Gasteiger partial charge on any atom is -0.336 e. The van der Waals surface area contributed by atoms with Gasteiger partial charge in [0.1, 0.15) is 5.65 Å². The van der Waals surface area contributed by atoms with Crippen LogP contribution in [0.25, 0.3) is 11.0 Å². The molecule has 0 bridgehead atoms. The van der Waals surface area contributed by atoms with Gasteiger partial charge in [-0.15, -0.1) is 0 Å². The maximum absolute atomic E-state index is 12.7. The molecule has 28 heavy (non-hydrogen) atoms. The van der Waals surface area contributed by atoms with E-state index in [1.807, 2.05) is 29.3 Å². The monoisotopic (exact) mass is 396 g/mol. The zero-order valence-corrected chi connectivity index (χ0v) is 16.9. The maximum atomic E-state index is 12.7. The molecule has 146 valence electrons. The quantitative estimate of drug-likeness (QED) is 0.660. The van der Waals surface area contributed by atoms with E-state index in [0.29, 0.717) is 10.6 Å². The highest BCUT2D eigenvalue weighted by atomic mass is 35.5. The van der Waals surface area contributed by atoms with Gasteiger partial charge in [0.2, 0.25) is 0 Å². The Balaban J connectivity index is 1.35. The molecule has 4 rings (SSSR count). The summed E-state index contributed by atoms with van der Waals surface area (Å²) in [5, 5.41) is 1.77. The molecule has 0 saturated carbocycles. The molecular formula is C22H25ClN4O. The molecule has 0 spiro atoms. The van der Waals surface area contributed by atoms with Crippen molar-refractivity contribution in [2.45, 2.75) is 19.9 Å².